The van der Waals surface area contributed by atoms with Crippen molar-refractivity contribution in [1.29, 1.82) is 0 Å². The lowest BCUT2D eigenvalue weighted by molar-refractivity contribution is -0.367. The molecule has 0 spiro atoms. The Morgan fingerprint density at radius 1 is 0.584 bits per heavy atom. The largest absolute Gasteiger partial charge is 0.432 e. The van der Waals surface area contributed by atoms with Crippen molar-refractivity contribution in [3.8, 4) is 0 Å². The first kappa shape index (κ1) is 60.0. The first-order valence-corrected chi connectivity index (χ1v) is 27.9. The molecule has 5 aliphatic carbocycles. The number of rotatable bonds is 12. The van der Waals surface area contributed by atoms with Crippen LogP contribution in [-0.4, -0.2) is 233 Å². The fourth-order valence-electron chi connectivity index (χ4n) is 16.4. The van der Waals surface area contributed by atoms with Gasteiger partial charge in [-0.15, -0.1) is 0 Å². The molecular weight excluding hydrogens is 1020 g/mol. The smallest absolute Gasteiger partial charge is 0.315 e. The average molecular weight is 1110 g/mol. The second kappa shape index (κ2) is 21.8. The maximum Gasteiger partial charge on any atom is 0.315 e. The van der Waals surface area contributed by atoms with Gasteiger partial charge in [-0.05, 0) is 111 Å². The monoisotopic (exact) mass is 1100 g/mol. The average Bonchev–Trinajstić information content (AvgIpc) is 3.55. The Morgan fingerprint density at radius 2 is 1.16 bits per heavy atom. The Morgan fingerprint density at radius 3 is 1.82 bits per heavy atom. The summed E-state index contributed by atoms with van der Waals surface area (Å²) in [5, 5.41) is 150. The van der Waals surface area contributed by atoms with Crippen LogP contribution < -0.4 is 0 Å². The van der Waals surface area contributed by atoms with Gasteiger partial charge in [-0.1, -0.05) is 53.2 Å². The summed E-state index contributed by atoms with van der Waals surface area (Å²) >= 11 is 0. The maximum atomic E-state index is 15.1. The van der Waals surface area contributed by atoms with E-state index in [0.717, 1.165) is 6.42 Å². The van der Waals surface area contributed by atoms with E-state index in [-0.39, 0.29) is 46.0 Å². The molecule has 9 aliphatic rings. The van der Waals surface area contributed by atoms with Crippen molar-refractivity contribution in [2.45, 2.75) is 242 Å². The summed E-state index contributed by atoms with van der Waals surface area (Å²) in [6.45, 7) is 12.6. The van der Waals surface area contributed by atoms with Crippen LogP contribution in [0.15, 0.2) is 11.6 Å². The van der Waals surface area contributed by atoms with Crippen molar-refractivity contribution in [3.63, 3.8) is 0 Å². The molecule has 0 bridgehead atoms. The van der Waals surface area contributed by atoms with Gasteiger partial charge in [0.2, 0.25) is 6.29 Å². The summed E-state index contributed by atoms with van der Waals surface area (Å²) in [4.78, 5) is 15.1. The van der Waals surface area contributed by atoms with Gasteiger partial charge in [0.05, 0.1) is 44.1 Å². The summed E-state index contributed by atoms with van der Waals surface area (Å²) in [7, 11) is 0. The zero-order chi connectivity index (χ0) is 56.3. The lowest BCUT2D eigenvalue weighted by Gasteiger charge is -2.71. The predicted octanol–water partition coefficient (Wildman–Crippen LogP) is -2.04. The van der Waals surface area contributed by atoms with Crippen LogP contribution in [0, 0.1) is 50.2 Å². The SMILES string of the molecule is C[C@@H]1O[C@H](O[C@H]2[C@H](O)[C@@H](O)[C@H](O[C@H]3CC[C@@]4(C)[C@@H](CC[C@]5(C)[C@H]4CC=C4[C@@H]6CC(C)(C)CC[C@]6(C(=O)O[C@@H]6O[C@H](CO[C@@H]7O[C@H](CO)[C@H](O)[C@H](O)[C@H]7O)[C@@H](O)[C@H](O)[C@H]6O)CC[C@]45C)[C@]3(C)CO)O[C@@H]2CO)[C@H](O)[C@H](O)[C@H]1O. The number of allylic oxidation sites excluding steroid dienone is 2. The molecular formula is C54H88O23. The minimum absolute atomic E-state index is 0.0760. The molecule has 0 amide bonds. The van der Waals surface area contributed by atoms with Gasteiger partial charge >= 0.3 is 5.97 Å². The quantitative estimate of drug-likeness (QED) is 0.0569. The second-order valence-electron chi connectivity index (χ2n) is 26.1. The highest BCUT2D eigenvalue weighted by molar-refractivity contribution is 5.79. The van der Waals surface area contributed by atoms with Crippen molar-refractivity contribution in [3.05, 3.63) is 11.6 Å². The highest BCUT2D eigenvalue weighted by atomic mass is 16.8. The lowest BCUT2D eigenvalue weighted by Crippen LogP contribution is -2.67. The molecule has 4 saturated heterocycles. The van der Waals surface area contributed by atoms with E-state index in [2.05, 4.69) is 40.7 Å². The van der Waals surface area contributed by atoms with Gasteiger partial charge in [0, 0.05) is 5.41 Å². The first-order valence-electron chi connectivity index (χ1n) is 27.9. The Balaban J connectivity index is 0.912. The van der Waals surface area contributed by atoms with Crippen LogP contribution in [0.5, 0.6) is 0 Å². The Bertz CT molecular complexity index is 2110. The highest BCUT2D eigenvalue weighted by Crippen LogP contribution is 2.76. The number of hydrogen-bond donors (Lipinski definition) is 14. The minimum Gasteiger partial charge on any atom is -0.432 e. The highest BCUT2D eigenvalue weighted by Gasteiger charge is 2.71. The summed E-state index contributed by atoms with van der Waals surface area (Å²) in [5.41, 5.74) is -1.84. The molecule has 9 rings (SSSR count). The van der Waals surface area contributed by atoms with Crippen LogP contribution in [0.1, 0.15) is 113 Å². The molecule has 0 aromatic carbocycles. The predicted molar refractivity (Wildman–Crippen MR) is 263 cm³/mol. The van der Waals surface area contributed by atoms with E-state index in [1.165, 1.54) is 12.5 Å². The minimum atomic E-state index is -1.85. The van der Waals surface area contributed by atoms with Crippen LogP contribution >= 0.6 is 0 Å². The fourth-order valence-corrected chi connectivity index (χ4v) is 16.4. The Hall–Kier alpha value is -1.63. The van der Waals surface area contributed by atoms with Crippen LogP contribution in [0.3, 0.4) is 0 Å². The van der Waals surface area contributed by atoms with E-state index >= 15 is 4.79 Å². The number of carbonyl (C=O) groups excluding carboxylic acids is 1. The molecule has 0 unspecified atom stereocenters. The van der Waals surface area contributed by atoms with Gasteiger partial charge in [-0.2, -0.15) is 0 Å². The van der Waals surface area contributed by atoms with E-state index in [9.17, 15) is 71.5 Å². The number of carbonyl (C=O) groups is 1. The van der Waals surface area contributed by atoms with Gasteiger partial charge in [0.1, 0.15) is 91.6 Å². The molecule has 4 aliphatic heterocycles. The number of ether oxygens (including phenoxy) is 8. The van der Waals surface area contributed by atoms with Gasteiger partial charge in [-0.3, -0.25) is 4.79 Å². The molecule has 0 aromatic heterocycles. The third kappa shape index (κ3) is 9.80. The molecule has 0 radical (unpaired) electrons. The molecule has 14 N–H and O–H groups in total. The number of esters is 1. The van der Waals surface area contributed by atoms with Crippen molar-refractivity contribution >= 4 is 5.97 Å². The van der Waals surface area contributed by atoms with Crippen LogP contribution in [0.4, 0.5) is 0 Å². The molecule has 23 heteroatoms. The number of hydrogen-bond acceptors (Lipinski definition) is 23. The molecule has 4 saturated carbocycles. The molecule has 8 fully saturated rings. The molecule has 29 atom stereocenters. The van der Waals surface area contributed by atoms with E-state index < -0.39 is 166 Å². The van der Waals surface area contributed by atoms with Crippen molar-refractivity contribution in [2.24, 2.45) is 50.2 Å². The van der Waals surface area contributed by atoms with Gasteiger partial charge in [0.15, 0.2) is 18.9 Å². The number of fused-ring (bicyclic) bond motifs is 7. The van der Waals surface area contributed by atoms with Crippen molar-refractivity contribution < 1.29 is 114 Å². The normalized spacial score (nSPS) is 54.7. The topological polar surface area (TPSA) is 374 Å². The molecule has 442 valence electrons. The van der Waals surface area contributed by atoms with E-state index in [1.54, 1.807) is 0 Å². The zero-order valence-electron chi connectivity index (χ0n) is 45.3. The summed E-state index contributed by atoms with van der Waals surface area (Å²) < 4.78 is 47.2. The Kier molecular flexibility index (Phi) is 17.0. The lowest BCUT2D eigenvalue weighted by atomic mass is 9.33. The zero-order valence-corrected chi connectivity index (χ0v) is 45.3. The maximum absolute atomic E-state index is 15.1. The van der Waals surface area contributed by atoms with Crippen LogP contribution in [0.25, 0.3) is 0 Å². The van der Waals surface area contributed by atoms with Gasteiger partial charge < -0.3 is 109 Å². The third-order valence-corrected chi connectivity index (χ3v) is 21.5. The van der Waals surface area contributed by atoms with E-state index in [4.69, 9.17) is 37.9 Å². The van der Waals surface area contributed by atoms with Crippen LogP contribution in [-0.2, 0) is 42.7 Å². The van der Waals surface area contributed by atoms with Crippen molar-refractivity contribution in [2.75, 3.05) is 26.4 Å². The Labute approximate surface area is 449 Å². The van der Waals surface area contributed by atoms with E-state index in [0.29, 0.717) is 57.8 Å². The first-order chi connectivity index (χ1) is 36.1. The van der Waals surface area contributed by atoms with Gasteiger partial charge in [-0.25, -0.2) is 0 Å². The molecule has 23 nitrogen and oxygen atoms in total. The van der Waals surface area contributed by atoms with E-state index in [1.807, 2.05) is 6.92 Å². The molecule has 4 heterocycles. The van der Waals surface area contributed by atoms with Crippen LogP contribution in [0.2, 0.25) is 0 Å². The van der Waals surface area contributed by atoms with Gasteiger partial charge in [0.25, 0.3) is 0 Å². The fraction of sp³-hybridized carbons (Fsp3) is 0.944. The number of aliphatic hydroxyl groups is 14. The summed E-state index contributed by atoms with van der Waals surface area (Å²) in [6, 6.07) is 0. The summed E-state index contributed by atoms with van der Waals surface area (Å²) in [6.07, 6.45) is -23.3. The molecule has 0 aromatic rings. The summed E-state index contributed by atoms with van der Waals surface area (Å²) in [5.74, 6) is -0.807. The number of aliphatic hydroxyl groups excluding tert-OH is 14. The molecule has 77 heavy (non-hydrogen) atoms. The second-order valence-corrected chi connectivity index (χ2v) is 26.1. The standard InChI is InChI=1S/C54H88O23/c1-23-32(58)35(61)40(66)45(71-23)76-43-27(20-56)73-46(42(68)38(43)64)75-31-11-12-50(4)29(51(31,5)22-57)10-13-53(7)30(50)9-8-24-25-18-49(2,3)14-16-54(25,17-15-52(24,53)6)48(69)77-47-41(67)37(63)34(60)28(74-47)21-70-44-39(65)36(62)33(59)26(19-55)72-44/h8,23,25-47,55-68H,9-22H2,1-7H3/t23-,25-,26+,27+,28+,29+,30-,31-,32-,33-,34+,35+,36-,37-,38+,39+,40+,41+,42+,43+,44+,45+,46-,47-,50-,51-,52+,53+,54-/m0/s1. The van der Waals surface area contributed by atoms with Crippen molar-refractivity contribution in [1.82, 2.24) is 0 Å². The third-order valence-electron chi connectivity index (χ3n) is 21.5.